The summed E-state index contributed by atoms with van der Waals surface area (Å²) in [7, 11) is 1.47. The van der Waals surface area contributed by atoms with Crippen molar-refractivity contribution in [1.29, 1.82) is 0 Å². The first-order valence-electron chi connectivity index (χ1n) is 13.0. The number of benzene rings is 3. The second kappa shape index (κ2) is 10.6. The third-order valence-corrected chi connectivity index (χ3v) is 7.35. The van der Waals surface area contributed by atoms with Crippen LogP contribution in [0.4, 0.5) is 36.8 Å². The Balaban J connectivity index is 1.68. The van der Waals surface area contributed by atoms with E-state index in [1.54, 1.807) is 24.3 Å². The lowest BCUT2D eigenvalue weighted by atomic mass is 9.99. The average Bonchev–Trinajstić information content (AvgIpc) is 3.35. The molecule has 232 valence electrons. The predicted octanol–water partition coefficient (Wildman–Crippen LogP) is 6.06. The first-order chi connectivity index (χ1) is 20.5. The fraction of sp³-hybridized carbons (Fsp3) is 0.276. The van der Waals surface area contributed by atoms with Gasteiger partial charge in [-0.2, -0.15) is 30.9 Å². The van der Waals surface area contributed by atoms with E-state index in [9.17, 15) is 40.7 Å². The van der Waals surface area contributed by atoms with Crippen LogP contribution in [0.5, 0.6) is 5.75 Å². The van der Waals surface area contributed by atoms with Crippen LogP contribution in [-0.4, -0.2) is 32.9 Å². The van der Waals surface area contributed by atoms with Crippen molar-refractivity contribution < 1.29 is 40.4 Å². The highest BCUT2D eigenvalue weighted by Gasteiger charge is 2.55. The molecule has 1 saturated heterocycles. The maximum Gasteiger partial charge on any atom is 0.447 e. The van der Waals surface area contributed by atoms with Crippen LogP contribution in [-0.2, 0) is 18.9 Å². The summed E-state index contributed by atoms with van der Waals surface area (Å²) >= 11 is 0. The molecule has 15 heteroatoms. The fourth-order valence-corrected chi connectivity index (χ4v) is 5.13. The van der Waals surface area contributed by atoms with Gasteiger partial charge in [-0.3, -0.25) is 4.90 Å². The molecule has 44 heavy (non-hydrogen) atoms. The Hall–Kier alpha value is -4.95. The van der Waals surface area contributed by atoms with E-state index in [1.165, 1.54) is 31.9 Å². The maximum absolute atomic E-state index is 14.0. The molecule has 0 unspecified atom stereocenters. The number of rotatable bonds is 6. The second-order valence-corrected chi connectivity index (χ2v) is 10.5. The van der Waals surface area contributed by atoms with Crippen LogP contribution in [0.3, 0.4) is 0 Å². The predicted molar refractivity (Wildman–Crippen MR) is 145 cm³/mol. The van der Waals surface area contributed by atoms with E-state index >= 15 is 0 Å². The third kappa shape index (κ3) is 5.33. The SMILES string of the molecule is COc1ccc(CN2C(=O)N(c3cccc(C(F)(F)F)c3)[C@@H](n3oc(=O)n(-c4cccc(C(F)(F)F)c4)c3=O)C2(C)C)cc1. The average molecular weight is 623 g/mol. The minimum absolute atomic E-state index is 0.0743. The Labute approximate surface area is 245 Å². The molecule has 0 aliphatic carbocycles. The molecule has 3 aromatic carbocycles. The van der Waals surface area contributed by atoms with Crippen molar-refractivity contribution in [3.63, 3.8) is 0 Å². The van der Waals surface area contributed by atoms with Crippen molar-refractivity contribution in [2.24, 2.45) is 0 Å². The Morgan fingerprint density at radius 2 is 1.36 bits per heavy atom. The largest absolute Gasteiger partial charge is 0.497 e. The van der Waals surface area contributed by atoms with Crippen LogP contribution >= 0.6 is 0 Å². The number of hydrogen-bond donors (Lipinski definition) is 0. The van der Waals surface area contributed by atoms with Gasteiger partial charge in [0.05, 0.1) is 29.5 Å². The van der Waals surface area contributed by atoms with Gasteiger partial charge in [-0.15, -0.1) is 4.74 Å². The zero-order valence-electron chi connectivity index (χ0n) is 23.3. The number of carbonyl (C=O) groups excluding carboxylic acids is 1. The number of nitrogens with zero attached hydrogens (tertiary/aromatic N) is 4. The molecule has 1 aliphatic rings. The minimum atomic E-state index is -4.79. The number of halogens is 6. The quantitative estimate of drug-likeness (QED) is 0.244. The lowest BCUT2D eigenvalue weighted by molar-refractivity contribution is -0.138. The molecule has 5 rings (SSSR count). The highest BCUT2D eigenvalue weighted by atomic mass is 19.4. The number of aromatic nitrogens is 2. The van der Waals surface area contributed by atoms with Crippen molar-refractivity contribution in [2.75, 3.05) is 12.0 Å². The fourth-order valence-electron chi connectivity index (χ4n) is 5.13. The molecule has 1 fully saturated rings. The van der Waals surface area contributed by atoms with Gasteiger partial charge in [0.25, 0.3) is 0 Å². The maximum atomic E-state index is 14.0. The van der Waals surface area contributed by atoms with E-state index in [1.807, 2.05) is 0 Å². The lowest BCUT2D eigenvalue weighted by Gasteiger charge is -2.34. The summed E-state index contributed by atoms with van der Waals surface area (Å²) in [5.41, 5.74) is -5.02. The summed E-state index contributed by atoms with van der Waals surface area (Å²) in [5.74, 6) is -0.830. The van der Waals surface area contributed by atoms with Crippen LogP contribution in [0.25, 0.3) is 5.69 Å². The van der Waals surface area contributed by atoms with Gasteiger partial charge in [0, 0.05) is 12.2 Å². The monoisotopic (exact) mass is 622 g/mol. The van der Waals surface area contributed by atoms with Crippen molar-refractivity contribution in [3.05, 3.63) is 111 Å². The van der Waals surface area contributed by atoms with Gasteiger partial charge in [0.15, 0.2) is 6.17 Å². The van der Waals surface area contributed by atoms with E-state index in [0.29, 0.717) is 32.8 Å². The number of carbonyl (C=O) groups is 1. The van der Waals surface area contributed by atoms with Crippen LogP contribution in [0.15, 0.2) is 86.9 Å². The van der Waals surface area contributed by atoms with Crippen LogP contribution in [0.2, 0.25) is 0 Å². The Morgan fingerprint density at radius 3 is 1.91 bits per heavy atom. The normalized spacial score (nSPS) is 16.9. The summed E-state index contributed by atoms with van der Waals surface area (Å²) in [4.78, 5) is 42.8. The molecule has 1 atom stereocenters. The van der Waals surface area contributed by atoms with Gasteiger partial charge in [0.1, 0.15) is 5.75 Å². The number of methoxy groups -OCH3 is 1. The smallest absolute Gasteiger partial charge is 0.447 e. The molecule has 2 heterocycles. The van der Waals surface area contributed by atoms with Crippen molar-refractivity contribution in [2.45, 2.75) is 44.4 Å². The highest BCUT2D eigenvalue weighted by Crippen LogP contribution is 2.44. The van der Waals surface area contributed by atoms with Gasteiger partial charge in [0.2, 0.25) is 0 Å². The molecule has 0 N–H and O–H groups in total. The van der Waals surface area contributed by atoms with Gasteiger partial charge >= 0.3 is 29.8 Å². The molecule has 0 spiro atoms. The standard InChI is InChI=1S/C29H24F6N4O5/c1-27(2)23(39-25(41)38(26(42)44-39)21-9-5-7-19(15-21)29(33,34)35)37(20-8-4-6-18(14-20)28(30,31)32)24(40)36(27)16-17-10-12-22(43-3)13-11-17/h4-15,23H,16H2,1-3H3/t23-/m0/s1. The summed E-state index contributed by atoms with van der Waals surface area (Å²) in [6.45, 7) is 2.95. The van der Waals surface area contributed by atoms with E-state index in [2.05, 4.69) is 0 Å². The molecule has 1 aliphatic heterocycles. The van der Waals surface area contributed by atoms with Crippen molar-refractivity contribution >= 4 is 11.7 Å². The highest BCUT2D eigenvalue weighted by molar-refractivity contribution is 5.95. The van der Waals surface area contributed by atoms with Crippen LogP contribution < -0.4 is 21.1 Å². The first-order valence-corrected chi connectivity index (χ1v) is 13.0. The van der Waals surface area contributed by atoms with Gasteiger partial charge < -0.3 is 14.2 Å². The number of anilines is 1. The summed E-state index contributed by atoms with van der Waals surface area (Å²) < 4.78 is 92.3. The molecule has 2 amide bonds. The molecular formula is C29H24F6N4O5. The van der Waals surface area contributed by atoms with Gasteiger partial charge in [-0.1, -0.05) is 24.3 Å². The molecule has 0 bridgehead atoms. The van der Waals surface area contributed by atoms with E-state index in [-0.39, 0.29) is 12.2 Å². The number of alkyl halides is 6. The zero-order valence-corrected chi connectivity index (χ0v) is 23.3. The number of ether oxygens (including phenoxy) is 1. The minimum Gasteiger partial charge on any atom is -0.497 e. The lowest BCUT2D eigenvalue weighted by Crippen LogP contribution is -2.46. The number of amides is 2. The zero-order chi connectivity index (χ0) is 32.2. The molecule has 4 aromatic rings. The topological polar surface area (TPSA) is 89.9 Å². The Kier molecular flexibility index (Phi) is 7.38. The van der Waals surface area contributed by atoms with Gasteiger partial charge in [-0.05, 0) is 67.9 Å². The number of urea groups is 1. The molecule has 0 radical (unpaired) electrons. The Bertz CT molecular complexity index is 1820. The number of hydrogen-bond acceptors (Lipinski definition) is 5. The van der Waals surface area contributed by atoms with E-state index in [0.717, 1.165) is 35.2 Å². The first kappa shape index (κ1) is 30.5. The summed E-state index contributed by atoms with van der Waals surface area (Å²) in [6.07, 6.45) is -11.1. The van der Waals surface area contributed by atoms with Crippen molar-refractivity contribution in [1.82, 2.24) is 14.2 Å². The van der Waals surface area contributed by atoms with E-state index in [4.69, 9.17) is 9.26 Å². The second-order valence-electron chi connectivity index (χ2n) is 10.5. The van der Waals surface area contributed by atoms with Gasteiger partial charge in [-0.25, -0.2) is 14.4 Å². The molecule has 0 saturated carbocycles. The molecule has 1 aromatic heterocycles. The van der Waals surface area contributed by atoms with Crippen LogP contribution in [0.1, 0.15) is 36.7 Å². The summed E-state index contributed by atoms with van der Waals surface area (Å²) in [6, 6.07) is 13.0. The molecular weight excluding hydrogens is 598 g/mol. The van der Waals surface area contributed by atoms with Crippen LogP contribution in [0, 0.1) is 0 Å². The summed E-state index contributed by atoms with van der Waals surface area (Å²) in [5, 5.41) is 0. The van der Waals surface area contributed by atoms with E-state index < -0.39 is 58.3 Å². The molecule has 9 nitrogen and oxygen atoms in total. The Morgan fingerprint density at radius 1 is 0.818 bits per heavy atom. The third-order valence-electron chi connectivity index (χ3n) is 7.35. The van der Waals surface area contributed by atoms with Crippen molar-refractivity contribution in [3.8, 4) is 11.4 Å².